The van der Waals surface area contributed by atoms with Crippen molar-refractivity contribution in [2.24, 2.45) is 0 Å². The van der Waals surface area contributed by atoms with E-state index in [2.05, 4.69) is 21.2 Å². The number of nitrogens with one attached hydrogen (secondary N) is 1. The molecule has 0 fully saturated rings. The molecule has 0 aromatic heterocycles. The fourth-order valence-electron chi connectivity index (χ4n) is 2.46. The molecule has 0 aliphatic carbocycles. The molecule has 0 saturated heterocycles. The monoisotopic (exact) mass is 388 g/mol. The largest absolute Gasteiger partial charge is 0.326 e. The standard InChI is InChI=1S/C19H21BrN2O2/c1-13-5-4-6-17(11-13)22(15(3)23)10-9-19(24)21-18-8-7-16(20)12-14(18)2/h4-8,11-12H,9-10H2,1-3H3,(H,21,24). The van der Waals surface area contributed by atoms with Crippen molar-refractivity contribution in [3.63, 3.8) is 0 Å². The minimum Gasteiger partial charge on any atom is -0.326 e. The molecule has 2 aromatic rings. The summed E-state index contributed by atoms with van der Waals surface area (Å²) in [5, 5.41) is 2.90. The SMILES string of the molecule is CC(=O)N(CCC(=O)Nc1ccc(Br)cc1C)c1cccc(C)c1. The number of hydrogen-bond acceptors (Lipinski definition) is 2. The maximum Gasteiger partial charge on any atom is 0.226 e. The van der Waals surface area contributed by atoms with Gasteiger partial charge in [0.05, 0.1) is 0 Å². The van der Waals surface area contributed by atoms with Gasteiger partial charge in [0.2, 0.25) is 11.8 Å². The van der Waals surface area contributed by atoms with Crippen LogP contribution in [0.15, 0.2) is 46.9 Å². The van der Waals surface area contributed by atoms with E-state index in [1.54, 1.807) is 4.90 Å². The first-order chi connectivity index (χ1) is 11.4. The van der Waals surface area contributed by atoms with Crippen molar-refractivity contribution in [1.29, 1.82) is 0 Å². The molecule has 0 heterocycles. The zero-order chi connectivity index (χ0) is 17.7. The highest BCUT2D eigenvalue weighted by Gasteiger charge is 2.14. The summed E-state index contributed by atoms with van der Waals surface area (Å²) in [6.45, 7) is 5.78. The van der Waals surface area contributed by atoms with Crippen LogP contribution in [0, 0.1) is 13.8 Å². The van der Waals surface area contributed by atoms with Gasteiger partial charge in [-0.2, -0.15) is 0 Å². The predicted molar refractivity (Wildman–Crippen MR) is 101 cm³/mol. The fourth-order valence-corrected chi connectivity index (χ4v) is 2.93. The van der Waals surface area contributed by atoms with Crippen LogP contribution in [0.25, 0.3) is 0 Å². The zero-order valence-electron chi connectivity index (χ0n) is 14.1. The van der Waals surface area contributed by atoms with E-state index in [-0.39, 0.29) is 18.2 Å². The smallest absolute Gasteiger partial charge is 0.226 e. The topological polar surface area (TPSA) is 49.4 Å². The molecule has 2 rings (SSSR count). The molecule has 2 amide bonds. The van der Waals surface area contributed by atoms with E-state index in [9.17, 15) is 9.59 Å². The van der Waals surface area contributed by atoms with E-state index in [0.717, 1.165) is 27.0 Å². The first-order valence-corrected chi connectivity index (χ1v) is 8.57. The van der Waals surface area contributed by atoms with Crippen LogP contribution in [0.4, 0.5) is 11.4 Å². The third kappa shape index (κ3) is 4.93. The summed E-state index contributed by atoms with van der Waals surface area (Å²) in [5.41, 5.74) is 3.66. The molecule has 0 radical (unpaired) electrons. The highest BCUT2D eigenvalue weighted by Crippen LogP contribution is 2.21. The number of rotatable bonds is 5. The summed E-state index contributed by atoms with van der Waals surface area (Å²) in [7, 11) is 0. The van der Waals surface area contributed by atoms with E-state index < -0.39 is 0 Å². The van der Waals surface area contributed by atoms with Crippen LogP contribution in [-0.4, -0.2) is 18.4 Å². The van der Waals surface area contributed by atoms with Gasteiger partial charge in [0.15, 0.2) is 0 Å². The lowest BCUT2D eigenvalue weighted by Crippen LogP contribution is -2.32. The molecular formula is C19H21BrN2O2. The predicted octanol–water partition coefficient (Wildman–Crippen LogP) is 4.45. The first kappa shape index (κ1) is 18.2. The van der Waals surface area contributed by atoms with Crippen LogP contribution in [0.3, 0.4) is 0 Å². The molecule has 0 aliphatic heterocycles. The Morgan fingerprint density at radius 2 is 1.88 bits per heavy atom. The number of aryl methyl sites for hydroxylation is 2. The Bertz CT molecular complexity index is 759. The van der Waals surface area contributed by atoms with Crippen LogP contribution in [-0.2, 0) is 9.59 Å². The van der Waals surface area contributed by atoms with Gasteiger partial charge in [-0.15, -0.1) is 0 Å². The lowest BCUT2D eigenvalue weighted by atomic mass is 10.2. The van der Waals surface area contributed by atoms with Crippen LogP contribution >= 0.6 is 15.9 Å². The van der Waals surface area contributed by atoms with Crippen molar-refractivity contribution in [2.75, 3.05) is 16.8 Å². The van der Waals surface area contributed by atoms with Crippen LogP contribution in [0.1, 0.15) is 24.5 Å². The van der Waals surface area contributed by atoms with Gasteiger partial charge < -0.3 is 10.2 Å². The number of hydrogen-bond donors (Lipinski definition) is 1. The van der Waals surface area contributed by atoms with Crippen molar-refractivity contribution >= 4 is 39.1 Å². The number of benzene rings is 2. The first-order valence-electron chi connectivity index (χ1n) is 7.77. The Morgan fingerprint density at radius 3 is 2.50 bits per heavy atom. The summed E-state index contributed by atoms with van der Waals surface area (Å²) in [4.78, 5) is 25.7. The molecule has 0 atom stereocenters. The number of amides is 2. The number of anilines is 2. The van der Waals surface area contributed by atoms with Gasteiger partial charge >= 0.3 is 0 Å². The molecule has 0 unspecified atom stereocenters. The molecule has 24 heavy (non-hydrogen) atoms. The molecule has 1 N–H and O–H groups in total. The summed E-state index contributed by atoms with van der Waals surface area (Å²) >= 11 is 3.40. The minimum atomic E-state index is -0.112. The summed E-state index contributed by atoms with van der Waals surface area (Å²) in [6, 6.07) is 13.4. The lowest BCUT2D eigenvalue weighted by Gasteiger charge is -2.21. The van der Waals surface area contributed by atoms with Crippen molar-refractivity contribution in [2.45, 2.75) is 27.2 Å². The van der Waals surface area contributed by atoms with E-state index in [1.165, 1.54) is 6.92 Å². The van der Waals surface area contributed by atoms with E-state index in [0.29, 0.717) is 6.54 Å². The molecule has 0 spiro atoms. The van der Waals surface area contributed by atoms with Gasteiger partial charge in [0.1, 0.15) is 0 Å². The van der Waals surface area contributed by atoms with Gasteiger partial charge in [-0.25, -0.2) is 0 Å². The Labute approximate surface area is 151 Å². The minimum absolute atomic E-state index is 0.0757. The molecule has 0 saturated carbocycles. The van der Waals surface area contributed by atoms with E-state index in [4.69, 9.17) is 0 Å². The van der Waals surface area contributed by atoms with Crippen molar-refractivity contribution in [3.05, 3.63) is 58.1 Å². The normalized spacial score (nSPS) is 10.3. The third-order valence-electron chi connectivity index (χ3n) is 3.72. The van der Waals surface area contributed by atoms with Gasteiger partial charge in [-0.05, 0) is 55.3 Å². The van der Waals surface area contributed by atoms with Gasteiger partial charge in [0, 0.05) is 35.7 Å². The third-order valence-corrected chi connectivity index (χ3v) is 4.21. The Hall–Kier alpha value is -2.14. The quantitative estimate of drug-likeness (QED) is 0.822. The molecular weight excluding hydrogens is 368 g/mol. The highest BCUT2D eigenvalue weighted by molar-refractivity contribution is 9.10. The van der Waals surface area contributed by atoms with Crippen LogP contribution in [0.2, 0.25) is 0 Å². The van der Waals surface area contributed by atoms with E-state index >= 15 is 0 Å². The molecule has 5 heteroatoms. The van der Waals surface area contributed by atoms with Crippen molar-refractivity contribution in [1.82, 2.24) is 0 Å². The number of carbonyl (C=O) groups is 2. The Kier molecular flexibility index (Phi) is 6.15. The molecule has 0 aliphatic rings. The lowest BCUT2D eigenvalue weighted by molar-refractivity contribution is -0.117. The zero-order valence-corrected chi connectivity index (χ0v) is 15.7. The fraction of sp³-hybridized carbons (Fsp3) is 0.263. The second kappa shape index (κ2) is 8.11. The number of nitrogens with zero attached hydrogens (tertiary/aromatic N) is 1. The summed E-state index contributed by atoms with van der Waals surface area (Å²) in [5.74, 6) is -0.187. The molecule has 0 bridgehead atoms. The Morgan fingerprint density at radius 1 is 1.12 bits per heavy atom. The summed E-state index contributed by atoms with van der Waals surface area (Å²) < 4.78 is 0.972. The van der Waals surface area contributed by atoms with Crippen molar-refractivity contribution < 1.29 is 9.59 Å². The van der Waals surface area contributed by atoms with Gasteiger partial charge in [-0.1, -0.05) is 28.1 Å². The number of halogens is 1. The molecule has 2 aromatic carbocycles. The number of carbonyl (C=O) groups excluding carboxylic acids is 2. The Balaban J connectivity index is 2.01. The maximum absolute atomic E-state index is 12.2. The van der Waals surface area contributed by atoms with E-state index in [1.807, 2.05) is 56.3 Å². The van der Waals surface area contributed by atoms with Gasteiger partial charge in [-0.3, -0.25) is 9.59 Å². The average Bonchev–Trinajstić information content (AvgIpc) is 2.50. The van der Waals surface area contributed by atoms with Crippen LogP contribution < -0.4 is 10.2 Å². The highest BCUT2D eigenvalue weighted by atomic mass is 79.9. The second-order valence-electron chi connectivity index (χ2n) is 5.77. The molecule has 4 nitrogen and oxygen atoms in total. The average molecular weight is 389 g/mol. The maximum atomic E-state index is 12.2. The molecule has 126 valence electrons. The van der Waals surface area contributed by atoms with Gasteiger partial charge in [0.25, 0.3) is 0 Å². The second-order valence-corrected chi connectivity index (χ2v) is 6.68. The van der Waals surface area contributed by atoms with Crippen molar-refractivity contribution in [3.8, 4) is 0 Å². The summed E-state index contributed by atoms with van der Waals surface area (Å²) in [6.07, 6.45) is 0.239. The van der Waals surface area contributed by atoms with Crippen LogP contribution in [0.5, 0.6) is 0 Å².